The van der Waals surface area contributed by atoms with Gasteiger partial charge in [0.05, 0.1) is 36.5 Å². The summed E-state index contributed by atoms with van der Waals surface area (Å²) in [5.74, 6) is -0.668. The number of carbonyl (C=O) groups is 1. The van der Waals surface area contributed by atoms with E-state index in [4.69, 9.17) is 4.74 Å². The van der Waals surface area contributed by atoms with Crippen LogP contribution in [0.4, 0.5) is 15.8 Å². The monoisotopic (exact) mass is 222 g/mol. The van der Waals surface area contributed by atoms with Crippen LogP contribution in [0.3, 0.4) is 0 Å². The third-order valence-electron chi connectivity index (χ3n) is 3.00. The number of benzene rings is 1. The van der Waals surface area contributed by atoms with Crippen LogP contribution in [-0.2, 0) is 9.53 Å². The Bertz CT molecular complexity index is 450. The van der Waals surface area contributed by atoms with Gasteiger partial charge in [0.2, 0.25) is 5.91 Å². The van der Waals surface area contributed by atoms with E-state index in [1.807, 2.05) is 0 Å². The van der Waals surface area contributed by atoms with Gasteiger partial charge in [-0.3, -0.25) is 4.79 Å². The van der Waals surface area contributed by atoms with Crippen molar-refractivity contribution in [1.82, 2.24) is 0 Å². The highest BCUT2D eigenvalue weighted by molar-refractivity contribution is 5.98. The Kier molecular flexibility index (Phi) is 2.07. The van der Waals surface area contributed by atoms with E-state index in [1.54, 1.807) is 6.07 Å². The van der Waals surface area contributed by atoms with Crippen LogP contribution in [-0.4, -0.2) is 25.2 Å². The number of hydrogen-bond donors (Lipinski definition) is 2. The maximum Gasteiger partial charge on any atom is 0.232 e. The molecule has 1 aromatic carbocycles. The van der Waals surface area contributed by atoms with Crippen molar-refractivity contribution in [1.29, 1.82) is 0 Å². The van der Waals surface area contributed by atoms with Gasteiger partial charge in [-0.05, 0) is 18.2 Å². The van der Waals surface area contributed by atoms with Crippen LogP contribution in [0, 0.1) is 11.7 Å². The lowest BCUT2D eigenvalue weighted by atomic mass is 10.0. The summed E-state index contributed by atoms with van der Waals surface area (Å²) in [6.45, 7) is 0.925. The topological polar surface area (TPSA) is 50.4 Å². The lowest BCUT2D eigenvalue weighted by molar-refractivity contribution is -0.119. The Hall–Kier alpha value is -1.62. The van der Waals surface area contributed by atoms with Gasteiger partial charge in [-0.1, -0.05) is 0 Å². The van der Waals surface area contributed by atoms with Gasteiger partial charge in [-0.2, -0.15) is 0 Å². The van der Waals surface area contributed by atoms with Crippen molar-refractivity contribution >= 4 is 17.3 Å². The number of nitrogens with one attached hydrogen (secondary N) is 2. The molecule has 2 atom stereocenters. The quantitative estimate of drug-likeness (QED) is 0.693. The van der Waals surface area contributed by atoms with E-state index >= 15 is 0 Å². The smallest absolute Gasteiger partial charge is 0.232 e. The minimum atomic E-state index is -0.357. The van der Waals surface area contributed by atoms with E-state index < -0.39 is 0 Å². The lowest BCUT2D eigenvalue weighted by Gasteiger charge is -2.14. The Morgan fingerprint density at radius 2 is 2.19 bits per heavy atom. The molecule has 0 aliphatic carbocycles. The van der Waals surface area contributed by atoms with E-state index in [0.29, 0.717) is 18.9 Å². The highest BCUT2D eigenvalue weighted by atomic mass is 19.1. The first-order chi connectivity index (χ1) is 7.74. The largest absolute Gasteiger partial charge is 0.378 e. The number of rotatable bonds is 0. The second kappa shape index (κ2) is 3.45. The van der Waals surface area contributed by atoms with Crippen LogP contribution in [0.2, 0.25) is 0 Å². The zero-order chi connectivity index (χ0) is 11.1. The second-order valence-electron chi connectivity index (χ2n) is 4.07. The fraction of sp³-hybridized carbons (Fsp3) is 0.364. The molecule has 0 saturated carbocycles. The van der Waals surface area contributed by atoms with Crippen molar-refractivity contribution < 1.29 is 13.9 Å². The Balaban J connectivity index is 2.01. The summed E-state index contributed by atoms with van der Waals surface area (Å²) in [4.78, 5) is 11.8. The summed E-state index contributed by atoms with van der Waals surface area (Å²) < 4.78 is 18.3. The van der Waals surface area contributed by atoms with Crippen molar-refractivity contribution in [2.75, 3.05) is 23.8 Å². The van der Waals surface area contributed by atoms with Crippen molar-refractivity contribution in [3.05, 3.63) is 24.0 Å². The standard InChI is InChI=1S/C11H11FN2O2/c12-6-1-2-8-9(3-6)14-11(15)7-4-16-5-10(7)13-8/h1-3,7,10,13H,4-5H2,(H,14,15). The molecular formula is C11H11FN2O2. The van der Waals surface area contributed by atoms with Crippen LogP contribution in [0.15, 0.2) is 18.2 Å². The molecule has 2 aliphatic heterocycles. The molecule has 1 saturated heterocycles. The third-order valence-corrected chi connectivity index (χ3v) is 3.00. The van der Waals surface area contributed by atoms with Gasteiger partial charge in [0.25, 0.3) is 0 Å². The second-order valence-corrected chi connectivity index (χ2v) is 4.07. The zero-order valence-corrected chi connectivity index (χ0v) is 8.50. The molecule has 1 amide bonds. The van der Waals surface area contributed by atoms with Gasteiger partial charge in [-0.15, -0.1) is 0 Å². The predicted octanol–water partition coefficient (Wildman–Crippen LogP) is 1.20. The molecule has 84 valence electrons. The van der Waals surface area contributed by atoms with Gasteiger partial charge in [0.15, 0.2) is 0 Å². The summed E-state index contributed by atoms with van der Waals surface area (Å²) in [6.07, 6.45) is 0. The van der Waals surface area contributed by atoms with Gasteiger partial charge in [-0.25, -0.2) is 4.39 Å². The van der Waals surface area contributed by atoms with Gasteiger partial charge >= 0.3 is 0 Å². The number of fused-ring (bicyclic) bond motifs is 2. The number of hydrogen-bond acceptors (Lipinski definition) is 3. The van der Waals surface area contributed by atoms with E-state index in [0.717, 1.165) is 5.69 Å². The number of ether oxygens (including phenoxy) is 1. The van der Waals surface area contributed by atoms with E-state index in [-0.39, 0.29) is 23.7 Å². The Morgan fingerprint density at radius 1 is 1.31 bits per heavy atom. The van der Waals surface area contributed by atoms with E-state index in [2.05, 4.69) is 10.6 Å². The maximum absolute atomic E-state index is 13.0. The van der Waals surface area contributed by atoms with Crippen molar-refractivity contribution in [2.24, 2.45) is 5.92 Å². The SMILES string of the molecule is O=C1Nc2cc(F)ccc2NC2COCC12. The maximum atomic E-state index is 13.0. The summed E-state index contributed by atoms with van der Waals surface area (Å²) in [7, 11) is 0. The van der Waals surface area contributed by atoms with Crippen molar-refractivity contribution in [3.8, 4) is 0 Å². The molecule has 0 spiro atoms. The number of amides is 1. The minimum Gasteiger partial charge on any atom is -0.378 e. The Morgan fingerprint density at radius 3 is 3.06 bits per heavy atom. The molecular weight excluding hydrogens is 211 g/mol. The molecule has 0 aromatic heterocycles. The van der Waals surface area contributed by atoms with Crippen LogP contribution in [0.5, 0.6) is 0 Å². The first kappa shape index (κ1) is 9.59. The first-order valence-electron chi connectivity index (χ1n) is 5.19. The van der Waals surface area contributed by atoms with Gasteiger partial charge in [0, 0.05) is 0 Å². The fourth-order valence-corrected chi connectivity index (χ4v) is 2.13. The van der Waals surface area contributed by atoms with Crippen LogP contribution in [0.1, 0.15) is 0 Å². The molecule has 2 unspecified atom stereocenters. The third kappa shape index (κ3) is 1.44. The number of halogens is 1. The Labute approximate surface area is 91.8 Å². The minimum absolute atomic E-state index is 0.0216. The van der Waals surface area contributed by atoms with E-state index in [9.17, 15) is 9.18 Å². The molecule has 1 fully saturated rings. The van der Waals surface area contributed by atoms with Gasteiger partial charge < -0.3 is 15.4 Å². The molecule has 2 N–H and O–H groups in total. The van der Waals surface area contributed by atoms with Crippen LogP contribution < -0.4 is 10.6 Å². The summed E-state index contributed by atoms with van der Waals surface area (Å²) in [5.41, 5.74) is 1.24. The molecule has 2 heterocycles. The number of anilines is 2. The molecule has 16 heavy (non-hydrogen) atoms. The lowest BCUT2D eigenvalue weighted by Crippen LogP contribution is -2.33. The van der Waals surface area contributed by atoms with Crippen molar-refractivity contribution in [3.63, 3.8) is 0 Å². The highest BCUT2D eigenvalue weighted by Gasteiger charge is 2.36. The summed E-state index contributed by atoms with van der Waals surface area (Å²) in [5, 5.41) is 5.92. The van der Waals surface area contributed by atoms with E-state index in [1.165, 1.54) is 12.1 Å². The first-order valence-corrected chi connectivity index (χ1v) is 5.19. The zero-order valence-electron chi connectivity index (χ0n) is 8.50. The highest BCUT2D eigenvalue weighted by Crippen LogP contribution is 2.30. The molecule has 3 rings (SSSR count). The summed E-state index contributed by atoms with van der Waals surface area (Å²) in [6, 6.07) is 4.30. The summed E-state index contributed by atoms with van der Waals surface area (Å²) >= 11 is 0. The molecule has 0 radical (unpaired) electrons. The average Bonchev–Trinajstić information content (AvgIpc) is 2.65. The van der Waals surface area contributed by atoms with Crippen LogP contribution >= 0.6 is 0 Å². The fourth-order valence-electron chi connectivity index (χ4n) is 2.13. The van der Waals surface area contributed by atoms with Crippen LogP contribution in [0.25, 0.3) is 0 Å². The molecule has 1 aromatic rings. The van der Waals surface area contributed by atoms with Crippen molar-refractivity contribution in [2.45, 2.75) is 6.04 Å². The predicted molar refractivity (Wildman–Crippen MR) is 56.7 cm³/mol. The normalized spacial score (nSPS) is 27.4. The average molecular weight is 222 g/mol. The molecule has 4 nitrogen and oxygen atoms in total. The molecule has 2 aliphatic rings. The molecule has 0 bridgehead atoms. The van der Waals surface area contributed by atoms with Gasteiger partial charge in [0.1, 0.15) is 5.82 Å². The number of carbonyl (C=O) groups excluding carboxylic acids is 1. The molecule has 5 heteroatoms.